The number of para-hydroxylation sites is 2. The molecular weight excluding hydrogens is 338 g/mol. The van der Waals surface area contributed by atoms with Gasteiger partial charge in [-0.15, -0.1) is 0 Å². The van der Waals surface area contributed by atoms with Gasteiger partial charge in [0.1, 0.15) is 5.82 Å². The van der Waals surface area contributed by atoms with E-state index in [0.717, 1.165) is 11.0 Å². The number of halogens is 1. The Morgan fingerprint density at radius 1 is 1.44 bits per heavy atom. The summed E-state index contributed by atoms with van der Waals surface area (Å²) in [5.74, 6) is 6.25. The van der Waals surface area contributed by atoms with E-state index >= 15 is 0 Å². The van der Waals surface area contributed by atoms with Crippen molar-refractivity contribution in [3.8, 4) is 11.8 Å². The number of pyridine rings is 1. The van der Waals surface area contributed by atoms with Gasteiger partial charge in [-0.1, -0.05) is 35.6 Å². The van der Waals surface area contributed by atoms with Gasteiger partial charge in [-0.25, -0.2) is 9.97 Å². The standard InChI is InChI=1S/C18H16ClN5O/c1-11(5-4-6-12-9-13(19)16(20)21-10-12)22-18(25)17-23-14-7-2-3-8-15(14)24-17/h2-3,7-11H,5H2,1H3,(H2,20,21)(H,22,25)(H,23,24)/t11-/m0/s1. The molecule has 3 aromatic rings. The topological polar surface area (TPSA) is 96.7 Å². The maximum atomic E-state index is 12.2. The molecule has 0 bridgehead atoms. The molecule has 0 saturated heterocycles. The summed E-state index contributed by atoms with van der Waals surface area (Å²) < 4.78 is 0. The fourth-order valence-corrected chi connectivity index (χ4v) is 2.39. The Morgan fingerprint density at radius 2 is 2.24 bits per heavy atom. The van der Waals surface area contributed by atoms with Crippen molar-refractivity contribution in [2.24, 2.45) is 0 Å². The molecule has 3 rings (SSSR count). The van der Waals surface area contributed by atoms with Crippen LogP contribution < -0.4 is 11.1 Å². The molecule has 1 atom stereocenters. The average Bonchev–Trinajstić information content (AvgIpc) is 3.02. The number of aromatic nitrogens is 3. The SMILES string of the molecule is C[C@@H](CC#Cc1cnc(N)c(Cl)c1)NC(=O)c1nc2ccccc2[nH]1. The third-order valence-electron chi connectivity index (χ3n) is 3.49. The first-order valence-corrected chi connectivity index (χ1v) is 8.06. The zero-order valence-electron chi connectivity index (χ0n) is 13.5. The number of aromatic amines is 1. The highest BCUT2D eigenvalue weighted by Crippen LogP contribution is 2.16. The molecule has 0 aliphatic rings. The molecule has 25 heavy (non-hydrogen) atoms. The van der Waals surface area contributed by atoms with Gasteiger partial charge in [-0.2, -0.15) is 0 Å². The van der Waals surface area contributed by atoms with E-state index in [1.165, 1.54) is 0 Å². The average molecular weight is 354 g/mol. The number of fused-ring (bicyclic) bond motifs is 1. The van der Waals surface area contributed by atoms with Crippen molar-refractivity contribution in [3.05, 3.63) is 52.9 Å². The molecule has 2 heterocycles. The molecule has 0 aliphatic carbocycles. The molecule has 0 spiro atoms. The number of hydrogen-bond acceptors (Lipinski definition) is 4. The Hall–Kier alpha value is -3.04. The van der Waals surface area contributed by atoms with Crippen LogP contribution in [0.4, 0.5) is 5.82 Å². The minimum atomic E-state index is -0.261. The van der Waals surface area contributed by atoms with Crippen LogP contribution in [-0.4, -0.2) is 26.9 Å². The molecule has 1 amide bonds. The molecule has 6 nitrogen and oxygen atoms in total. The second-order valence-corrected chi connectivity index (χ2v) is 5.98. The van der Waals surface area contributed by atoms with E-state index in [1.54, 1.807) is 12.3 Å². The van der Waals surface area contributed by atoms with Crippen LogP contribution in [0.15, 0.2) is 36.5 Å². The van der Waals surface area contributed by atoms with Crippen molar-refractivity contribution < 1.29 is 4.79 Å². The van der Waals surface area contributed by atoms with Crippen LogP contribution in [0.5, 0.6) is 0 Å². The first kappa shape index (κ1) is 16.8. The number of nitrogens with zero attached hydrogens (tertiary/aromatic N) is 2. The first-order valence-electron chi connectivity index (χ1n) is 7.68. The second-order valence-electron chi connectivity index (χ2n) is 5.57. The molecule has 126 valence electrons. The van der Waals surface area contributed by atoms with Crippen LogP contribution in [-0.2, 0) is 0 Å². The molecule has 2 aromatic heterocycles. The lowest BCUT2D eigenvalue weighted by molar-refractivity contribution is 0.0931. The Labute approximate surface area is 149 Å². The first-order chi connectivity index (χ1) is 12.0. The summed E-state index contributed by atoms with van der Waals surface area (Å²) in [6.45, 7) is 1.88. The number of H-pyrrole nitrogens is 1. The number of nitrogen functional groups attached to an aromatic ring is 1. The van der Waals surface area contributed by atoms with Gasteiger partial charge in [-0.05, 0) is 25.1 Å². The summed E-state index contributed by atoms with van der Waals surface area (Å²) >= 11 is 5.90. The summed E-state index contributed by atoms with van der Waals surface area (Å²) in [4.78, 5) is 23.5. The maximum Gasteiger partial charge on any atom is 0.287 e. The molecule has 0 saturated carbocycles. The molecule has 0 unspecified atom stereocenters. The zero-order chi connectivity index (χ0) is 17.8. The van der Waals surface area contributed by atoms with Crippen LogP contribution in [0.25, 0.3) is 11.0 Å². The largest absolute Gasteiger partial charge is 0.382 e. The van der Waals surface area contributed by atoms with E-state index in [2.05, 4.69) is 32.1 Å². The van der Waals surface area contributed by atoms with Gasteiger partial charge in [0.15, 0.2) is 5.82 Å². The summed E-state index contributed by atoms with van der Waals surface area (Å²) in [5.41, 5.74) is 7.82. The molecule has 0 fully saturated rings. The third-order valence-corrected chi connectivity index (χ3v) is 3.80. The fourth-order valence-electron chi connectivity index (χ4n) is 2.23. The van der Waals surface area contributed by atoms with Crippen molar-refractivity contribution in [1.29, 1.82) is 0 Å². The third kappa shape index (κ3) is 4.08. The lowest BCUT2D eigenvalue weighted by Crippen LogP contribution is -2.32. The van der Waals surface area contributed by atoms with Crippen molar-refractivity contribution in [1.82, 2.24) is 20.3 Å². The van der Waals surface area contributed by atoms with Crippen LogP contribution in [0.1, 0.15) is 29.5 Å². The molecule has 4 N–H and O–H groups in total. The summed E-state index contributed by atoms with van der Waals surface area (Å²) in [6.07, 6.45) is 2.04. The number of anilines is 1. The number of rotatable bonds is 3. The van der Waals surface area contributed by atoms with Gasteiger partial charge < -0.3 is 16.0 Å². The number of carbonyl (C=O) groups is 1. The number of carbonyl (C=O) groups excluding carboxylic acids is 1. The molecule has 0 radical (unpaired) electrons. The number of amides is 1. The minimum absolute atomic E-state index is 0.134. The second kappa shape index (κ2) is 7.24. The van der Waals surface area contributed by atoms with Crippen molar-refractivity contribution in [3.63, 3.8) is 0 Å². The quantitative estimate of drug-likeness (QED) is 0.631. The molecule has 0 aliphatic heterocycles. The van der Waals surface area contributed by atoms with Crippen LogP contribution in [0.2, 0.25) is 5.02 Å². The Balaban J connectivity index is 1.60. The number of imidazole rings is 1. The van der Waals surface area contributed by atoms with E-state index < -0.39 is 0 Å². The Kier molecular flexibility index (Phi) is 4.87. The summed E-state index contributed by atoms with van der Waals surface area (Å²) in [6, 6.07) is 9.02. The zero-order valence-corrected chi connectivity index (χ0v) is 14.3. The van der Waals surface area contributed by atoms with Gasteiger partial charge in [0.05, 0.1) is 16.1 Å². The number of benzene rings is 1. The van der Waals surface area contributed by atoms with Gasteiger partial charge in [0, 0.05) is 24.2 Å². The molecular formula is C18H16ClN5O. The van der Waals surface area contributed by atoms with E-state index in [1.807, 2.05) is 31.2 Å². The summed E-state index contributed by atoms with van der Waals surface area (Å²) in [5, 5.41) is 3.24. The maximum absolute atomic E-state index is 12.2. The predicted octanol–water partition coefficient (Wildman–Crippen LogP) is 2.75. The van der Waals surface area contributed by atoms with Gasteiger partial charge >= 0.3 is 0 Å². The van der Waals surface area contributed by atoms with E-state index in [-0.39, 0.29) is 23.6 Å². The van der Waals surface area contributed by atoms with Gasteiger partial charge in [0.25, 0.3) is 5.91 Å². The minimum Gasteiger partial charge on any atom is -0.382 e. The van der Waals surface area contributed by atoms with Crippen molar-refractivity contribution >= 4 is 34.4 Å². The van der Waals surface area contributed by atoms with Crippen LogP contribution >= 0.6 is 11.6 Å². The number of nitrogens with one attached hydrogen (secondary N) is 2. The van der Waals surface area contributed by atoms with Crippen molar-refractivity contribution in [2.45, 2.75) is 19.4 Å². The Bertz CT molecular complexity index is 953. The molecule has 1 aromatic carbocycles. The highest BCUT2D eigenvalue weighted by atomic mass is 35.5. The van der Waals surface area contributed by atoms with Gasteiger partial charge in [0.2, 0.25) is 0 Å². The van der Waals surface area contributed by atoms with Crippen molar-refractivity contribution in [2.75, 3.05) is 5.73 Å². The van der Waals surface area contributed by atoms with E-state index in [0.29, 0.717) is 17.0 Å². The highest BCUT2D eigenvalue weighted by molar-refractivity contribution is 6.32. The van der Waals surface area contributed by atoms with Crippen LogP contribution in [0, 0.1) is 11.8 Å². The van der Waals surface area contributed by atoms with Gasteiger partial charge in [-0.3, -0.25) is 4.79 Å². The smallest absolute Gasteiger partial charge is 0.287 e. The van der Waals surface area contributed by atoms with Crippen LogP contribution in [0.3, 0.4) is 0 Å². The summed E-state index contributed by atoms with van der Waals surface area (Å²) in [7, 11) is 0. The number of hydrogen-bond donors (Lipinski definition) is 3. The monoisotopic (exact) mass is 353 g/mol. The molecule has 7 heteroatoms. The van der Waals surface area contributed by atoms with E-state index in [9.17, 15) is 4.79 Å². The highest BCUT2D eigenvalue weighted by Gasteiger charge is 2.13. The predicted molar refractivity (Wildman–Crippen MR) is 98.2 cm³/mol. The normalized spacial score (nSPS) is 11.6. The fraction of sp³-hybridized carbons (Fsp3) is 0.167. The number of nitrogens with two attached hydrogens (primary N) is 1. The lowest BCUT2D eigenvalue weighted by atomic mass is 10.2. The lowest BCUT2D eigenvalue weighted by Gasteiger charge is -2.08. The van der Waals surface area contributed by atoms with E-state index in [4.69, 9.17) is 17.3 Å². The Morgan fingerprint density at radius 3 is 3.00 bits per heavy atom.